The summed E-state index contributed by atoms with van der Waals surface area (Å²) in [7, 11) is 0. The number of benzene rings is 2. The van der Waals surface area contributed by atoms with Crippen LogP contribution in [0.5, 0.6) is 0 Å². The normalized spacial score (nSPS) is 15.9. The quantitative estimate of drug-likeness (QED) is 0.635. The second-order valence-electron chi connectivity index (χ2n) is 6.37. The van der Waals surface area contributed by atoms with Crippen LogP contribution in [0, 0.1) is 17.6 Å². The van der Waals surface area contributed by atoms with E-state index in [9.17, 15) is 8.78 Å². The van der Waals surface area contributed by atoms with E-state index in [0.29, 0.717) is 0 Å². The van der Waals surface area contributed by atoms with Crippen LogP contribution in [0.2, 0.25) is 0 Å². The molecule has 1 aliphatic rings. The molecule has 2 aromatic rings. The highest BCUT2D eigenvalue weighted by Crippen LogP contribution is 2.28. The van der Waals surface area contributed by atoms with Crippen molar-refractivity contribution in [3.63, 3.8) is 0 Å². The first-order chi connectivity index (χ1) is 10.7. The summed E-state index contributed by atoms with van der Waals surface area (Å²) in [6, 6.07) is 12.3. The van der Waals surface area contributed by atoms with Gasteiger partial charge in [0, 0.05) is 0 Å². The number of hydrogen-bond donors (Lipinski definition) is 0. The van der Waals surface area contributed by atoms with E-state index in [-0.39, 0.29) is 0 Å². The molecule has 3 rings (SSSR count). The van der Waals surface area contributed by atoms with Crippen LogP contribution in [-0.4, -0.2) is 0 Å². The Hall–Kier alpha value is -1.70. The van der Waals surface area contributed by atoms with Crippen LogP contribution in [-0.2, 0) is 6.42 Å². The van der Waals surface area contributed by atoms with Crippen LogP contribution < -0.4 is 0 Å². The topological polar surface area (TPSA) is 0 Å². The Balaban J connectivity index is 1.63. The van der Waals surface area contributed by atoms with E-state index in [1.807, 2.05) is 12.1 Å². The molecule has 1 fully saturated rings. The van der Waals surface area contributed by atoms with Gasteiger partial charge in [-0.05, 0) is 47.6 Å². The second kappa shape index (κ2) is 7.04. The van der Waals surface area contributed by atoms with Crippen LogP contribution in [0.25, 0.3) is 11.1 Å². The molecule has 2 aromatic carbocycles. The summed E-state index contributed by atoms with van der Waals surface area (Å²) in [5.41, 5.74) is 2.98. The van der Waals surface area contributed by atoms with E-state index in [2.05, 4.69) is 12.1 Å². The molecule has 0 atom stereocenters. The molecule has 0 aliphatic heterocycles. The summed E-state index contributed by atoms with van der Waals surface area (Å²) in [4.78, 5) is 0. The molecule has 22 heavy (non-hydrogen) atoms. The molecule has 2 heteroatoms. The Morgan fingerprint density at radius 2 is 1.45 bits per heavy atom. The third kappa shape index (κ3) is 3.73. The third-order valence-electron chi connectivity index (χ3n) is 4.77. The first kappa shape index (κ1) is 15.2. The van der Waals surface area contributed by atoms with Crippen LogP contribution in [0.1, 0.15) is 44.1 Å². The zero-order valence-corrected chi connectivity index (χ0v) is 12.8. The van der Waals surface area contributed by atoms with Crippen molar-refractivity contribution in [1.82, 2.24) is 0 Å². The van der Waals surface area contributed by atoms with Crippen molar-refractivity contribution in [3.8, 4) is 11.1 Å². The fraction of sp³-hybridized carbons (Fsp3) is 0.400. The molecule has 0 saturated heterocycles. The molecular weight excluding hydrogens is 278 g/mol. The van der Waals surface area contributed by atoms with Gasteiger partial charge in [0.25, 0.3) is 0 Å². The molecule has 0 nitrogen and oxygen atoms in total. The summed E-state index contributed by atoms with van der Waals surface area (Å²) in [6.07, 6.45) is 9.33. The van der Waals surface area contributed by atoms with Gasteiger partial charge in [0.15, 0.2) is 11.6 Å². The second-order valence-corrected chi connectivity index (χ2v) is 6.37. The lowest BCUT2D eigenvalue weighted by Gasteiger charge is -2.21. The first-order valence-corrected chi connectivity index (χ1v) is 8.27. The Bertz CT molecular complexity index is 610. The van der Waals surface area contributed by atoms with Crippen molar-refractivity contribution < 1.29 is 8.78 Å². The van der Waals surface area contributed by atoms with Gasteiger partial charge < -0.3 is 0 Å². The van der Waals surface area contributed by atoms with Gasteiger partial charge in [-0.2, -0.15) is 0 Å². The maximum Gasteiger partial charge on any atom is 0.159 e. The van der Waals surface area contributed by atoms with E-state index >= 15 is 0 Å². The average molecular weight is 300 g/mol. The van der Waals surface area contributed by atoms with E-state index in [4.69, 9.17) is 0 Å². The summed E-state index contributed by atoms with van der Waals surface area (Å²) >= 11 is 0. The molecule has 0 unspecified atom stereocenters. The molecule has 0 bridgehead atoms. The molecule has 0 amide bonds. The predicted molar refractivity (Wildman–Crippen MR) is 86.7 cm³/mol. The van der Waals surface area contributed by atoms with E-state index < -0.39 is 11.6 Å². The minimum atomic E-state index is -0.798. The molecule has 1 saturated carbocycles. The minimum Gasteiger partial charge on any atom is -0.204 e. The van der Waals surface area contributed by atoms with Gasteiger partial charge in [-0.25, -0.2) is 8.78 Å². The van der Waals surface area contributed by atoms with E-state index in [1.54, 1.807) is 6.07 Å². The predicted octanol–water partition coefficient (Wildman–Crippen LogP) is 6.14. The van der Waals surface area contributed by atoms with Gasteiger partial charge in [0.05, 0.1) is 0 Å². The van der Waals surface area contributed by atoms with Gasteiger partial charge in [-0.15, -0.1) is 0 Å². The first-order valence-electron chi connectivity index (χ1n) is 8.27. The fourth-order valence-electron chi connectivity index (χ4n) is 3.39. The SMILES string of the molecule is Fc1ccc(-c2ccc(CCC3CCCCC3)cc2)cc1F. The van der Waals surface area contributed by atoms with E-state index in [0.717, 1.165) is 23.5 Å². The van der Waals surface area contributed by atoms with Crippen LogP contribution in [0.3, 0.4) is 0 Å². The minimum absolute atomic E-state index is 0.720. The van der Waals surface area contributed by atoms with Crippen molar-refractivity contribution in [1.29, 1.82) is 0 Å². The number of hydrogen-bond acceptors (Lipinski definition) is 0. The Morgan fingerprint density at radius 3 is 2.14 bits per heavy atom. The van der Waals surface area contributed by atoms with Gasteiger partial charge in [0.2, 0.25) is 0 Å². The maximum atomic E-state index is 13.3. The molecule has 0 N–H and O–H groups in total. The van der Waals surface area contributed by atoms with Crippen LogP contribution in [0.4, 0.5) is 8.78 Å². The Morgan fingerprint density at radius 1 is 0.773 bits per heavy atom. The molecule has 0 spiro atoms. The Labute approximate surface area is 131 Å². The molecular formula is C20H22F2. The average Bonchev–Trinajstić information content (AvgIpc) is 2.57. The molecule has 0 heterocycles. The van der Waals surface area contributed by atoms with Gasteiger partial charge in [0.1, 0.15) is 0 Å². The molecule has 116 valence electrons. The highest BCUT2D eigenvalue weighted by Gasteiger charge is 2.13. The van der Waals surface area contributed by atoms with Crippen molar-refractivity contribution in [2.45, 2.75) is 44.9 Å². The zero-order valence-electron chi connectivity index (χ0n) is 12.8. The lowest BCUT2D eigenvalue weighted by Crippen LogP contribution is -2.07. The number of rotatable bonds is 4. The van der Waals surface area contributed by atoms with Crippen molar-refractivity contribution in [2.75, 3.05) is 0 Å². The number of aryl methyl sites for hydroxylation is 1. The maximum absolute atomic E-state index is 13.3. The van der Waals surface area contributed by atoms with Crippen LogP contribution in [0.15, 0.2) is 42.5 Å². The molecule has 0 aromatic heterocycles. The van der Waals surface area contributed by atoms with Crippen molar-refractivity contribution >= 4 is 0 Å². The number of halogens is 2. The van der Waals surface area contributed by atoms with Crippen molar-refractivity contribution in [3.05, 3.63) is 59.7 Å². The summed E-state index contributed by atoms with van der Waals surface area (Å²) in [6.45, 7) is 0. The smallest absolute Gasteiger partial charge is 0.159 e. The standard InChI is InChI=1S/C20H22F2/c21-19-13-12-18(14-20(19)22)17-10-8-16(9-11-17)7-6-15-4-2-1-3-5-15/h8-15H,1-7H2. The summed E-state index contributed by atoms with van der Waals surface area (Å²) in [5, 5.41) is 0. The highest BCUT2D eigenvalue weighted by molar-refractivity contribution is 5.63. The summed E-state index contributed by atoms with van der Waals surface area (Å²) in [5.74, 6) is -0.702. The molecule has 1 aliphatic carbocycles. The largest absolute Gasteiger partial charge is 0.204 e. The van der Waals surface area contributed by atoms with E-state index in [1.165, 1.54) is 56.2 Å². The van der Waals surface area contributed by atoms with Gasteiger partial charge in [-0.3, -0.25) is 0 Å². The third-order valence-corrected chi connectivity index (χ3v) is 4.77. The summed E-state index contributed by atoms with van der Waals surface area (Å²) < 4.78 is 26.3. The lowest BCUT2D eigenvalue weighted by molar-refractivity contribution is 0.339. The molecule has 0 radical (unpaired) electrons. The fourth-order valence-corrected chi connectivity index (χ4v) is 3.39. The van der Waals surface area contributed by atoms with Crippen LogP contribution >= 0.6 is 0 Å². The highest BCUT2D eigenvalue weighted by atomic mass is 19.2. The Kier molecular flexibility index (Phi) is 4.87. The van der Waals surface area contributed by atoms with Gasteiger partial charge >= 0.3 is 0 Å². The monoisotopic (exact) mass is 300 g/mol. The van der Waals surface area contributed by atoms with Crippen molar-refractivity contribution in [2.24, 2.45) is 5.92 Å². The zero-order chi connectivity index (χ0) is 15.4. The van der Waals surface area contributed by atoms with Gasteiger partial charge in [-0.1, -0.05) is 62.4 Å². The lowest BCUT2D eigenvalue weighted by atomic mass is 9.85.